The zero-order chi connectivity index (χ0) is 35.3. The van der Waals surface area contributed by atoms with Gasteiger partial charge >= 0.3 is 0 Å². The van der Waals surface area contributed by atoms with Crippen LogP contribution in [0.2, 0.25) is 0 Å². The molecule has 1 aliphatic rings. The Balaban J connectivity index is 0.952. The summed E-state index contributed by atoms with van der Waals surface area (Å²) in [5, 5.41) is 8.70. The maximum Gasteiger partial charge on any atom is 0.248 e. The van der Waals surface area contributed by atoms with Crippen LogP contribution in [0.3, 0.4) is 0 Å². The first kappa shape index (κ1) is 32.9. The summed E-state index contributed by atoms with van der Waals surface area (Å²) >= 11 is 0. The lowest BCUT2D eigenvalue weighted by molar-refractivity contribution is 0.497. The second-order valence-corrected chi connectivity index (χ2v) is 13.6. The number of benzene rings is 6. The average molecular weight is 678 g/mol. The molecular weight excluding hydrogens is 639 g/mol. The molecule has 0 unspecified atom stereocenters. The minimum atomic E-state index is -0.243. The third kappa shape index (κ3) is 6.99. The van der Waals surface area contributed by atoms with Crippen LogP contribution in [0.1, 0.15) is 48.9 Å². The van der Waals surface area contributed by atoms with E-state index in [2.05, 4.69) is 151 Å². The van der Waals surface area contributed by atoms with Gasteiger partial charge in [0, 0.05) is 34.2 Å². The fourth-order valence-electron chi connectivity index (χ4n) is 6.59. The summed E-state index contributed by atoms with van der Waals surface area (Å²) in [5.41, 5.74) is 10.6. The second-order valence-electron chi connectivity index (χ2n) is 13.6. The summed E-state index contributed by atoms with van der Waals surface area (Å²) in [5.74, 6) is 2.49. The number of hydrogen-bond donors (Lipinski definition) is 0. The monoisotopic (exact) mass is 677 g/mol. The van der Waals surface area contributed by atoms with Gasteiger partial charge < -0.3 is 9.15 Å². The maximum atomic E-state index is 6.52. The first-order chi connectivity index (χ1) is 25.5. The highest BCUT2D eigenvalue weighted by Crippen LogP contribution is 2.34. The Kier molecular flexibility index (Phi) is 9.16. The molecule has 0 atom stereocenters. The van der Waals surface area contributed by atoms with Crippen LogP contribution >= 0.6 is 0 Å². The predicted octanol–water partition coefficient (Wildman–Crippen LogP) is 11.7. The molecule has 0 N–H and O–H groups in total. The van der Waals surface area contributed by atoms with Gasteiger partial charge in [0.1, 0.15) is 5.76 Å². The van der Waals surface area contributed by atoms with Gasteiger partial charge in [-0.05, 0) is 88.7 Å². The van der Waals surface area contributed by atoms with E-state index in [0.717, 1.165) is 53.0 Å². The van der Waals surface area contributed by atoms with Gasteiger partial charge in [0.15, 0.2) is 0 Å². The quantitative estimate of drug-likeness (QED) is 0.161. The van der Waals surface area contributed by atoms with Crippen LogP contribution in [0.5, 0.6) is 0 Å². The highest BCUT2D eigenvalue weighted by molar-refractivity contribution is 5.97. The van der Waals surface area contributed by atoms with Gasteiger partial charge in [-0.15, -0.1) is 10.2 Å². The number of nitrogens with zero attached hydrogens (tertiary/aromatic N) is 3. The fourth-order valence-corrected chi connectivity index (χ4v) is 6.59. The van der Waals surface area contributed by atoms with Crippen LogP contribution in [0.15, 0.2) is 173 Å². The summed E-state index contributed by atoms with van der Waals surface area (Å²) in [6.07, 6.45) is 4.09. The molecule has 6 aromatic carbocycles. The van der Waals surface area contributed by atoms with Crippen molar-refractivity contribution in [2.24, 2.45) is 4.99 Å². The Hall–Kier alpha value is -6.33. The molecule has 0 saturated carbocycles. The Morgan fingerprint density at radius 3 is 1.40 bits per heavy atom. The van der Waals surface area contributed by atoms with Gasteiger partial charge in [-0.2, -0.15) is 0 Å². The molecule has 7 aromatic rings. The molecule has 0 bridgehead atoms. The van der Waals surface area contributed by atoms with Crippen molar-refractivity contribution in [2.75, 3.05) is 6.54 Å². The number of hydrogen-bond acceptors (Lipinski definition) is 5. The third-order valence-electron chi connectivity index (χ3n) is 9.80. The number of allylic oxidation sites excluding steroid dienone is 1. The van der Waals surface area contributed by atoms with Crippen molar-refractivity contribution >= 4 is 11.7 Å². The van der Waals surface area contributed by atoms with Gasteiger partial charge in [-0.3, -0.25) is 4.99 Å². The highest BCUT2D eigenvalue weighted by atomic mass is 16.5. The molecule has 0 radical (unpaired) electrons. The zero-order valence-electron chi connectivity index (χ0n) is 29.4. The number of ether oxygens (including phenoxy) is 1. The minimum absolute atomic E-state index is 0.243. The Labute approximate surface area is 305 Å². The molecular formula is C47H39N3O2. The van der Waals surface area contributed by atoms with Gasteiger partial charge in [0.25, 0.3) is 0 Å². The maximum absolute atomic E-state index is 6.52. The van der Waals surface area contributed by atoms with Crippen molar-refractivity contribution in [3.05, 3.63) is 186 Å². The number of rotatable bonds is 8. The topological polar surface area (TPSA) is 60.5 Å². The lowest BCUT2D eigenvalue weighted by Crippen LogP contribution is -2.19. The molecule has 254 valence electrons. The van der Waals surface area contributed by atoms with E-state index in [1.807, 2.05) is 36.4 Å². The summed E-state index contributed by atoms with van der Waals surface area (Å²) in [6.45, 7) is 5.21. The Morgan fingerprint density at radius 1 is 0.462 bits per heavy atom. The largest absolute Gasteiger partial charge is 0.438 e. The molecule has 0 amide bonds. The van der Waals surface area contributed by atoms with Crippen molar-refractivity contribution in [1.29, 1.82) is 0 Å². The van der Waals surface area contributed by atoms with E-state index in [4.69, 9.17) is 14.1 Å². The molecule has 2 heterocycles. The number of aromatic nitrogens is 2. The van der Waals surface area contributed by atoms with E-state index in [9.17, 15) is 0 Å². The van der Waals surface area contributed by atoms with Crippen molar-refractivity contribution in [1.82, 2.24) is 10.2 Å². The SMILES string of the molecule is CC(C)(c1ccc(C2=NCCCC=C(c3ccc(-c4ccccc4)cc3)O2)cc1)c1ccc(-c2nnc(-c3ccc(-c4ccccc4)cc3)o2)cc1. The molecule has 1 aromatic heterocycles. The molecule has 0 saturated heterocycles. The van der Waals surface area contributed by atoms with Crippen LogP contribution in [-0.4, -0.2) is 22.6 Å². The summed E-state index contributed by atoms with van der Waals surface area (Å²) in [6, 6.07) is 54.5. The Bertz CT molecular complexity index is 2320. The van der Waals surface area contributed by atoms with Crippen molar-refractivity contribution < 1.29 is 9.15 Å². The van der Waals surface area contributed by atoms with E-state index in [-0.39, 0.29) is 5.41 Å². The molecule has 8 rings (SSSR count). The smallest absolute Gasteiger partial charge is 0.248 e. The van der Waals surface area contributed by atoms with Gasteiger partial charge in [0.05, 0.1) is 0 Å². The van der Waals surface area contributed by atoms with Gasteiger partial charge in [0.2, 0.25) is 17.7 Å². The van der Waals surface area contributed by atoms with Crippen LogP contribution in [0.25, 0.3) is 50.9 Å². The van der Waals surface area contributed by atoms with Crippen LogP contribution in [0.4, 0.5) is 0 Å². The average Bonchev–Trinajstić information content (AvgIpc) is 3.70. The lowest BCUT2D eigenvalue weighted by atomic mass is 9.78. The van der Waals surface area contributed by atoms with E-state index in [0.29, 0.717) is 17.7 Å². The third-order valence-corrected chi connectivity index (χ3v) is 9.80. The van der Waals surface area contributed by atoms with Crippen molar-refractivity contribution in [3.8, 4) is 45.2 Å². The van der Waals surface area contributed by atoms with E-state index in [1.54, 1.807) is 0 Å². The zero-order valence-corrected chi connectivity index (χ0v) is 29.4. The minimum Gasteiger partial charge on any atom is -0.438 e. The standard InChI is InChI=1S/C47H39N3O2/c1-47(2,42-30-26-40(27-31-42)46-50-49-45(52-46)39-22-18-36(19-23-39)34-13-7-4-8-14-34)41-28-24-38(25-29-41)44-48-32-10-9-15-43(51-44)37-20-16-35(17-21-37)33-11-5-3-6-12-33/h3-8,11-31H,9-10,32H2,1-2H3. The molecule has 5 heteroatoms. The first-order valence-corrected chi connectivity index (χ1v) is 17.8. The number of aliphatic imine (C=N–C) groups is 1. The molecule has 0 spiro atoms. The molecule has 0 fully saturated rings. The summed E-state index contributed by atoms with van der Waals surface area (Å²) in [7, 11) is 0. The summed E-state index contributed by atoms with van der Waals surface area (Å²) in [4.78, 5) is 4.85. The second kappa shape index (κ2) is 14.5. The summed E-state index contributed by atoms with van der Waals surface area (Å²) < 4.78 is 12.6. The predicted molar refractivity (Wildman–Crippen MR) is 211 cm³/mol. The first-order valence-electron chi connectivity index (χ1n) is 17.8. The van der Waals surface area contributed by atoms with Crippen LogP contribution < -0.4 is 0 Å². The van der Waals surface area contributed by atoms with Crippen LogP contribution in [-0.2, 0) is 10.2 Å². The molecule has 52 heavy (non-hydrogen) atoms. The van der Waals surface area contributed by atoms with Crippen LogP contribution in [0, 0.1) is 0 Å². The van der Waals surface area contributed by atoms with E-state index in [1.165, 1.54) is 27.8 Å². The van der Waals surface area contributed by atoms with Gasteiger partial charge in [-0.25, -0.2) is 0 Å². The molecule has 1 aliphatic heterocycles. The highest BCUT2D eigenvalue weighted by Gasteiger charge is 2.24. The molecule has 0 aliphatic carbocycles. The van der Waals surface area contributed by atoms with Crippen molar-refractivity contribution in [2.45, 2.75) is 32.1 Å². The molecule has 5 nitrogen and oxygen atoms in total. The van der Waals surface area contributed by atoms with E-state index < -0.39 is 0 Å². The van der Waals surface area contributed by atoms with Crippen molar-refractivity contribution in [3.63, 3.8) is 0 Å². The fraction of sp³-hybridized carbons (Fsp3) is 0.128. The Morgan fingerprint density at radius 2 is 0.885 bits per heavy atom. The van der Waals surface area contributed by atoms with E-state index >= 15 is 0 Å². The normalized spacial score (nSPS) is 13.3. The van der Waals surface area contributed by atoms with Gasteiger partial charge in [-0.1, -0.05) is 135 Å². The lowest BCUT2D eigenvalue weighted by Gasteiger charge is -2.26.